The number of anilines is 1. The number of aromatic nitrogens is 2. The number of nitrogen functional groups attached to an aromatic ring is 2. The van der Waals surface area contributed by atoms with E-state index in [4.69, 9.17) is 16.3 Å². The van der Waals surface area contributed by atoms with Crippen molar-refractivity contribution in [2.75, 3.05) is 18.2 Å². The first-order valence-electron chi connectivity index (χ1n) is 3.85. The Labute approximate surface area is 75.5 Å². The molecule has 0 saturated carbocycles. The normalized spacial score (nSPS) is 10.0. The van der Waals surface area contributed by atoms with Gasteiger partial charge in [0.15, 0.2) is 5.69 Å². The quantitative estimate of drug-likeness (QED) is 0.484. The summed E-state index contributed by atoms with van der Waals surface area (Å²) in [6, 6.07) is 0. The highest BCUT2D eigenvalue weighted by atomic mass is 16.5. The molecule has 0 aliphatic heterocycles. The van der Waals surface area contributed by atoms with Gasteiger partial charge in [-0.25, -0.2) is 14.5 Å². The van der Waals surface area contributed by atoms with Gasteiger partial charge in [0, 0.05) is 0 Å². The summed E-state index contributed by atoms with van der Waals surface area (Å²) < 4.78 is 5.90. The Balaban J connectivity index is 3.01. The summed E-state index contributed by atoms with van der Waals surface area (Å²) in [6.45, 7) is 3.67. The number of rotatable bonds is 2. The molecule has 6 nitrogen and oxygen atoms in total. The van der Waals surface area contributed by atoms with Gasteiger partial charge in [0.2, 0.25) is 5.95 Å². The summed E-state index contributed by atoms with van der Waals surface area (Å²) in [5, 5.41) is 0. The van der Waals surface area contributed by atoms with Crippen LogP contribution in [0.15, 0.2) is 0 Å². The number of hydrogen-bond acceptors (Lipinski definition) is 5. The lowest BCUT2D eigenvalue weighted by Crippen LogP contribution is -2.14. The van der Waals surface area contributed by atoms with Gasteiger partial charge in [-0.05, 0) is 13.8 Å². The third-order valence-electron chi connectivity index (χ3n) is 1.65. The molecule has 6 heteroatoms. The Bertz CT molecular complexity index is 331. The predicted molar refractivity (Wildman–Crippen MR) is 47.5 cm³/mol. The monoisotopic (exact) mass is 184 g/mol. The predicted octanol–water partition coefficient (Wildman–Crippen LogP) is -0.336. The zero-order valence-corrected chi connectivity index (χ0v) is 7.57. The van der Waals surface area contributed by atoms with E-state index < -0.39 is 5.97 Å². The minimum absolute atomic E-state index is 0.0977. The summed E-state index contributed by atoms with van der Waals surface area (Å²) in [7, 11) is 0. The van der Waals surface area contributed by atoms with E-state index >= 15 is 0 Å². The number of hydrogen-bond donors (Lipinski definition) is 2. The molecule has 72 valence electrons. The molecular weight excluding hydrogens is 172 g/mol. The first-order chi connectivity index (χ1) is 6.07. The first-order valence-corrected chi connectivity index (χ1v) is 3.85. The summed E-state index contributed by atoms with van der Waals surface area (Å²) in [5.41, 5.74) is 6.06. The molecule has 0 radical (unpaired) electrons. The number of nitrogens with zero attached hydrogens (tertiary/aromatic N) is 2. The SMILES string of the molecule is CCOC(=O)c1nc(N)n(N)c1C. The Morgan fingerprint density at radius 3 is 2.69 bits per heavy atom. The largest absolute Gasteiger partial charge is 0.461 e. The van der Waals surface area contributed by atoms with Crippen LogP contribution in [0.4, 0.5) is 5.95 Å². The lowest BCUT2D eigenvalue weighted by atomic mass is 10.3. The number of esters is 1. The molecule has 4 N–H and O–H groups in total. The standard InChI is InChI=1S/C7H12N4O2/c1-3-13-6(12)5-4(2)11(9)7(8)10-5/h3,9H2,1-2H3,(H2,8,10). The number of nitrogens with two attached hydrogens (primary N) is 2. The zero-order valence-electron chi connectivity index (χ0n) is 7.57. The second kappa shape index (κ2) is 3.34. The Kier molecular flexibility index (Phi) is 2.41. The zero-order chi connectivity index (χ0) is 10.0. The fourth-order valence-corrected chi connectivity index (χ4v) is 0.928. The molecule has 1 rings (SSSR count). The summed E-state index contributed by atoms with van der Waals surface area (Å²) in [4.78, 5) is 15.0. The van der Waals surface area contributed by atoms with Crippen LogP contribution in [0.2, 0.25) is 0 Å². The van der Waals surface area contributed by atoms with Gasteiger partial charge in [0.1, 0.15) is 0 Å². The van der Waals surface area contributed by atoms with E-state index in [1.807, 2.05) is 0 Å². The molecule has 0 aliphatic rings. The smallest absolute Gasteiger partial charge is 0.358 e. The van der Waals surface area contributed by atoms with Crippen LogP contribution in [0.1, 0.15) is 23.1 Å². The van der Waals surface area contributed by atoms with Crippen LogP contribution in [-0.2, 0) is 4.74 Å². The van der Waals surface area contributed by atoms with E-state index in [0.29, 0.717) is 12.3 Å². The molecule has 0 fully saturated rings. The van der Waals surface area contributed by atoms with Crippen LogP contribution >= 0.6 is 0 Å². The molecule has 0 saturated heterocycles. The van der Waals surface area contributed by atoms with Crippen molar-refractivity contribution in [1.82, 2.24) is 9.66 Å². The van der Waals surface area contributed by atoms with E-state index in [9.17, 15) is 4.79 Å². The third kappa shape index (κ3) is 1.56. The molecule has 0 amide bonds. The van der Waals surface area contributed by atoms with E-state index in [1.54, 1.807) is 13.8 Å². The number of carbonyl (C=O) groups is 1. The van der Waals surface area contributed by atoms with E-state index in [1.165, 1.54) is 0 Å². The highest BCUT2D eigenvalue weighted by Crippen LogP contribution is 2.09. The molecule has 0 atom stereocenters. The van der Waals surface area contributed by atoms with Crippen molar-refractivity contribution < 1.29 is 9.53 Å². The minimum Gasteiger partial charge on any atom is -0.461 e. The molecule has 1 aromatic rings. The number of imidazole rings is 1. The Morgan fingerprint density at radius 2 is 2.31 bits per heavy atom. The molecule has 1 heterocycles. The van der Waals surface area contributed by atoms with Crippen molar-refractivity contribution in [3.8, 4) is 0 Å². The van der Waals surface area contributed by atoms with Crippen LogP contribution in [-0.4, -0.2) is 22.2 Å². The first kappa shape index (κ1) is 9.37. The second-order valence-electron chi connectivity index (χ2n) is 2.49. The van der Waals surface area contributed by atoms with Gasteiger partial charge in [-0.1, -0.05) is 0 Å². The molecule has 0 bridgehead atoms. The molecule has 0 spiro atoms. The molecule has 0 aliphatic carbocycles. The van der Waals surface area contributed by atoms with Crippen LogP contribution in [0.25, 0.3) is 0 Å². The highest BCUT2D eigenvalue weighted by Gasteiger charge is 2.17. The molecule has 0 unspecified atom stereocenters. The van der Waals surface area contributed by atoms with Crippen molar-refractivity contribution in [3.63, 3.8) is 0 Å². The Hall–Kier alpha value is -1.72. The fraction of sp³-hybridized carbons (Fsp3) is 0.429. The summed E-state index contributed by atoms with van der Waals surface area (Å²) >= 11 is 0. The van der Waals surface area contributed by atoms with Crippen LogP contribution < -0.4 is 11.6 Å². The van der Waals surface area contributed by atoms with Gasteiger partial charge in [-0.2, -0.15) is 0 Å². The van der Waals surface area contributed by atoms with Gasteiger partial charge < -0.3 is 16.3 Å². The van der Waals surface area contributed by atoms with Crippen LogP contribution in [0.5, 0.6) is 0 Å². The maximum Gasteiger partial charge on any atom is 0.358 e. The maximum absolute atomic E-state index is 11.2. The third-order valence-corrected chi connectivity index (χ3v) is 1.65. The molecular formula is C7H12N4O2. The van der Waals surface area contributed by atoms with Crippen molar-refractivity contribution in [2.24, 2.45) is 0 Å². The maximum atomic E-state index is 11.2. The van der Waals surface area contributed by atoms with E-state index in [0.717, 1.165) is 4.68 Å². The lowest BCUT2D eigenvalue weighted by molar-refractivity contribution is 0.0519. The van der Waals surface area contributed by atoms with Crippen molar-refractivity contribution >= 4 is 11.9 Å². The topological polar surface area (TPSA) is 96.2 Å². The van der Waals surface area contributed by atoms with E-state index in [2.05, 4.69) is 4.98 Å². The average molecular weight is 184 g/mol. The van der Waals surface area contributed by atoms with Gasteiger partial charge in [-0.15, -0.1) is 0 Å². The van der Waals surface area contributed by atoms with Crippen molar-refractivity contribution in [3.05, 3.63) is 11.4 Å². The summed E-state index contributed by atoms with van der Waals surface area (Å²) in [6.07, 6.45) is 0. The van der Waals surface area contributed by atoms with Crippen molar-refractivity contribution in [2.45, 2.75) is 13.8 Å². The van der Waals surface area contributed by atoms with Gasteiger partial charge in [0.25, 0.3) is 0 Å². The molecule has 0 aromatic carbocycles. The van der Waals surface area contributed by atoms with Crippen molar-refractivity contribution in [1.29, 1.82) is 0 Å². The van der Waals surface area contributed by atoms with Crippen LogP contribution in [0, 0.1) is 6.92 Å². The fourth-order valence-electron chi connectivity index (χ4n) is 0.928. The lowest BCUT2D eigenvalue weighted by Gasteiger charge is -1.99. The van der Waals surface area contributed by atoms with E-state index in [-0.39, 0.29) is 11.6 Å². The summed E-state index contributed by atoms with van der Waals surface area (Å²) in [5.74, 6) is 5.05. The highest BCUT2D eigenvalue weighted by molar-refractivity contribution is 5.89. The Morgan fingerprint density at radius 1 is 1.69 bits per heavy atom. The van der Waals surface area contributed by atoms with Gasteiger partial charge in [0.05, 0.1) is 12.3 Å². The van der Waals surface area contributed by atoms with Crippen LogP contribution in [0.3, 0.4) is 0 Å². The number of carbonyl (C=O) groups excluding carboxylic acids is 1. The van der Waals surface area contributed by atoms with Gasteiger partial charge >= 0.3 is 5.97 Å². The molecule has 13 heavy (non-hydrogen) atoms. The second-order valence-corrected chi connectivity index (χ2v) is 2.49. The average Bonchev–Trinajstić information content (AvgIpc) is 2.33. The number of ether oxygens (including phenoxy) is 1. The van der Waals surface area contributed by atoms with Gasteiger partial charge in [-0.3, -0.25) is 0 Å². The minimum atomic E-state index is -0.504. The molecule has 1 aromatic heterocycles.